The van der Waals surface area contributed by atoms with Crippen molar-refractivity contribution in [2.45, 2.75) is 44.8 Å². The van der Waals surface area contributed by atoms with Gasteiger partial charge in [-0.15, -0.1) is 11.3 Å². The minimum Gasteiger partial charge on any atom is -0.465 e. The van der Waals surface area contributed by atoms with E-state index in [1.165, 1.54) is 36.3 Å². The summed E-state index contributed by atoms with van der Waals surface area (Å²) in [6, 6.07) is 1.40. The van der Waals surface area contributed by atoms with Crippen molar-refractivity contribution in [2.24, 2.45) is 5.92 Å². The van der Waals surface area contributed by atoms with E-state index in [0.29, 0.717) is 28.2 Å². The molecule has 150 valence electrons. The second-order valence-electron chi connectivity index (χ2n) is 6.72. The first kappa shape index (κ1) is 20.6. The molecule has 1 unspecified atom stereocenters. The molecule has 1 N–H and O–H groups in total. The first-order chi connectivity index (χ1) is 13.4. The Kier molecular flexibility index (Phi) is 6.56. The molecule has 7 nitrogen and oxygen atoms in total. The second kappa shape index (κ2) is 8.91. The number of aromatic nitrogens is 2. The molecule has 2 aromatic heterocycles. The van der Waals surface area contributed by atoms with Crippen molar-refractivity contribution in [3.05, 3.63) is 38.6 Å². The van der Waals surface area contributed by atoms with E-state index in [9.17, 15) is 14.4 Å². The van der Waals surface area contributed by atoms with Crippen molar-refractivity contribution in [1.82, 2.24) is 9.55 Å². The lowest BCUT2D eigenvalue weighted by Gasteiger charge is -2.18. The Bertz CT molecular complexity index is 951. The van der Waals surface area contributed by atoms with Gasteiger partial charge in [-0.3, -0.25) is 9.59 Å². The van der Waals surface area contributed by atoms with Gasteiger partial charge in [-0.05, 0) is 37.7 Å². The number of anilines is 1. The van der Waals surface area contributed by atoms with Gasteiger partial charge < -0.3 is 14.6 Å². The number of nitrogens with one attached hydrogen (secondary N) is 1. The molecule has 1 atom stereocenters. The smallest absolute Gasteiger partial charge is 0.341 e. The van der Waals surface area contributed by atoms with Gasteiger partial charge in [-0.25, -0.2) is 4.79 Å². The lowest BCUT2D eigenvalue weighted by molar-refractivity contribution is -0.113. The third-order valence-electron chi connectivity index (χ3n) is 4.68. The number of aryl methyl sites for hydroxylation is 1. The molecule has 0 bridgehead atoms. The highest BCUT2D eigenvalue weighted by atomic mass is 32.2. The molecule has 1 amide bonds. The quantitative estimate of drug-likeness (QED) is 0.438. The number of thioether (sulfide) groups is 1. The van der Waals surface area contributed by atoms with Gasteiger partial charge in [0.1, 0.15) is 5.00 Å². The molecule has 1 aliphatic rings. The average molecular weight is 422 g/mol. The van der Waals surface area contributed by atoms with Crippen molar-refractivity contribution in [3.63, 3.8) is 0 Å². The number of carbonyl (C=O) groups excluding carboxylic acids is 2. The molecule has 0 saturated carbocycles. The summed E-state index contributed by atoms with van der Waals surface area (Å²) in [4.78, 5) is 41.4. The molecule has 0 aliphatic heterocycles. The number of thiophene rings is 1. The maximum absolute atomic E-state index is 12.5. The average Bonchev–Trinajstić information content (AvgIpc) is 3.02. The SMILES string of the molecule is CCn1ccc(=O)nc1SCC(=O)Nc1sc2c(c1C(=O)OC)CCC(C)C2. The van der Waals surface area contributed by atoms with Gasteiger partial charge in [0.05, 0.1) is 18.4 Å². The molecule has 1 aliphatic carbocycles. The monoisotopic (exact) mass is 421 g/mol. The minimum atomic E-state index is -0.417. The van der Waals surface area contributed by atoms with E-state index < -0.39 is 5.97 Å². The lowest BCUT2D eigenvalue weighted by atomic mass is 9.88. The first-order valence-corrected chi connectivity index (χ1v) is 11.0. The number of hydrogen-bond acceptors (Lipinski definition) is 7. The van der Waals surface area contributed by atoms with Crippen molar-refractivity contribution < 1.29 is 14.3 Å². The van der Waals surface area contributed by atoms with Crippen LogP contribution in [0.3, 0.4) is 0 Å². The summed E-state index contributed by atoms with van der Waals surface area (Å²) < 4.78 is 6.76. The standard InChI is InChI=1S/C19H23N3O4S2/c1-4-22-8-7-14(23)21-19(22)27-10-15(24)20-17-16(18(25)26-3)12-6-5-11(2)9-13(12)28-17/h7-8,11H,4-6,9-10H2,1-3H3,(H,20,24). The number of rotatable bonds is 6. The number of methoxy groups -OCH3 is 1. The summed E-state index contributed by atoms with van der Waals surface area (Å²) in [7, 11) is 1.35. The van der Waals surface area contributed by atoms with Gasteiger partial charge in [-0.2, -0.15) is 4.98 Å². The van der Waals surface area contributed by atoms with Crippen LogP contribution in [0.1, 0.15) is 41.1 Å². The molecule has 2 heterocycles. The maximum Gasteiger partial charge on any atom is 0.341 e. The molecule has 0 aromatic carbocycles. The Morgan fingerprint density at radius 2 is 2.25 bits per heavy atom. The zero-order valence-electron chi connectivity index (χ0n) is 16.1. The molecule has 28 heavy (non-hydrogen) atoms. The summed E-state index contributed by atoms with van der Waals surface area (Å²) in [5, 5.41) is 3.91. The highest BCUT2D eigenvalue weighted by Gasteiger charge is 2.28. The molecular weight excluding hydrogens is 398 g/mol. The summed E-state index contributed by atoms with van der Waals surface area (Å²) in [6.07, 6.45) is 4.41. The van der Waals surface area contributed by atoms with Gasteiger partial charge in [0.25, 0.3) is 5.56 Å². The largest absolute Gasteiger partial charge is 0.465 e. The van der Waals surface area contributed by atoms with Crippen molar-refractivity contribution >= 4 is 40.0 Å². The number of fused-ring (bicyclic) bond motifs is 1. The molecule has 2 aromatic rings. The van der Waals surface area contributed by atoms with Gasteiger partial charge in [-0.1, -0.05) is 18.7 Å². The van der Waals surface area contributed by atoms with Gasteiger partial charge in [0.15, 0.2) is 5.16 Å². The molecule has 0 radical (unpaired) electrons. The Morgan fingerprint density at radius 1 is 1.46 bits per heavy atom. The molecule has 0 saturated heterocycles. The molecular formula is C19H23N3O4S2. The van der Waals surface area contributed by atoms with Crippen LogP contribution < -0.4 is 10.9 Å². The van der Waals surface area contributed by atoms with E-state index >= 15 is 0 Å². The zero-order valence-corrected chi connectivity index (χ0v) is 17.7. The summed E-state index contributed by atoms with van der Waals surface area (Å²) in [5.41, 5.74) is 1.15. The fraction of sp³-hybridized carbons (Fsp3) is 0.474. The van der Waals surface area contributed by atoms with Gasteiger partial charge >= 0.3 is 5.97 Å². The predicted molar refractivity (Wildman–Crippen MR) is 110 cm³/mol. The lowest BCUT2D eigenvalue weighted by Crippen LogP contribution is -2.18. The normalized spacial score (nSPS) is 15.8. The highest BCUT2D eigenvalue weighted by molar-refractivity contribution is 7.99. The van der Waals surface area contributed by atoms with E-state index in [1.54, 1.807) is 6.20 Å². The van der Waals surface area contributed by atoms with Crippen LogP contribution in [0.2, 0.25) is 0 Å². The van der Waals surface area contributed by atoms with Gasteiger partial charge in [0.2, 0.25) is 5.91 Å². The van der Waals surface area contributed by atoms with Crippen LogP contribution >= 0.6 is 23.1 Å². The van der Waals surface area contributed by atoms with Crippen LogP contribution in [0.4, 0.5) is 5.00 Å². The summed E-state index contributed by atoms with van der Waals surface area (Å²) in [6.45, 7) is 4.78. The number of carbonyl (C=O) groups is 2. The Labute approximate surface area is 171 Å². The number of amides is 1. The van der Waals surface area contributed by atoms with Crippen molar-refractivity contribution in [3.8, 4) is 0 Å². The van der Waals surface area contributed by atoms with E-state index in [0.717, 1.165) is 29.7 Å². The fourth-order valence-electron chi connectivity index (χ4n) is 3.22. The number of ether oxygens (including phenoxy) is 1. The third-order valence-corrected chi connectivity index (χ3v) is 6.84. The van der Waals surface area contributed by atoms with Crippen LogP contribution in [0.5, 0.6) is 0 Å². The Balaban J connectivity index is 1.76. The molecule has 9 heteroatoms. The summed E-state index contributed by atoms with van der Waals surface area (Å²) in [5.74, 6) is -0.0106. The number of esters is 1. The Morgan fingerprint density at radius 3 is 2.96 bits per heavy atom. The first-order valence-electron chi connectivity index (χ1n) is 9.15. The van der Waals surface area contributed by atoms with Gasteiger partial charge in [0, 0.05) is 23.7 Å². The number of hydrogen-bond donors (Lipinski definition) is 1. The molecule has 0 spiro atoms. The maximum atomic E-state index is 12.5. The minimum absolute atomic E-state index is 0.0933. The van der Waals surface area contributed by atoms with Crippen LogP contribution in [0.15, 0.2) is 22.2 Å². The molecule has 0 fully saturated rings. The van der Waals surface area contributed by atoms with Crippen molar-refractivity contribution in [2.75, 3.05) is 18.2 Å². The zero-order chi connectivity index (χ0) is 20.3. The highest BCUT2D eigenvalue weighted by Crippen LogP contribution is 2.40. The fourth-order valence-corrected chi connectivity index (χ4v) is 5.48. The van der Waals surface area contributed by atoms with Crippen LogP contribution in [0.25, 0.3) is 0 Å². The summed E-state index contributed by atoms with van der Waals surface area (Å²) >= 11 is 2.65. The van der Waals surface area contributed by atoms with Crippen molar-refractivity contribution in [1.29, 1.82) is 0 Å². The van der Waals surface area contributed by atoms with E-state index in [4.69, 9.17) is 4.74 Å². The predicted octanol–water partition coefficient (Wildman–Crippen LogP) is 2.97. The van der Waals surface area contributed by atoms with Crippen LogP contribution in [-0.2, 0) is 28.9 Å². The second-order valence-corrected chi connectivity index (χ2v) is 8.77. The third kappa shape index (κ3) is 4.47. The number of nitrogens with zero attached hydrogens (tertiary/aromatic N) is 2. The van der Waals surface area contributed by atoms with E-state index in [1.807, 2.05) is 11.5 Å². The van der Waals surface area contributed by atoms with E-state index in [-0.39, 0.29) is 17.2 Å². The van der Waals surface area contributed by atoms with Crippen LogP contribution in [0, 0.1) is 5.92 Å². The van der Waals surface area contributed by atoms with Crippen LogP contribution in [-0.4, -0.2) is 34.3 Å². The van der Waals surface area contributed by atoms with E-state index in [2.05, 4.69) is 17.2 Å². The molecule has 3 rings (SSSR count). The Hall–Kier alpha value is -2.13. The topological polar surface area (TPSA) is 90.3 Å².